The van der Waals surface area contributed by atoms with Gasteiger partial charge in [0.05, 0.1) is 18.3 Å². The van der Waals surface area contributed by atoms with E-state index in [4.69, 9.17) is 9.47 Å². The molecule has 0 amide bonds. The molecule has 3 N–H and O–H groups in total. The van der Waals surface area contributed by atoms with E-state index in [1.54, 1.807) is 20.8 Å². The maximum Gasteiger partial charge on any atom is 0.509 e. The van der Waals surface area contributed by atoms with Gasteiger partial charge in [0.15, 0.2) is 0 Å². The van der Waals surface area contributed by atoms with Gasteiger partial charge in [-0.1, -0.05) is 6.08 Å². The van der Waals surface area contributed by atoms with E-state index in [1.807, 2.05) is 0 Å². The molecule has 4 atom stereocenters. The summed E-state index contributed by atoms with van der Waals surface area (Å²) in [6.07, 6.45) is -1.55. The molecule has 1 aliphatic carbocycles. The highest BCUT2D eigenvalue weighted by molar-refractivity contribution is 5.61. The molecule has 110 valence electrons. The van der Waals surface area contributed by atoms with Crippen LogP contribution in [0.1, 0.15) is 33.6 Å². The van der Waals surface area contributed by atoms with E-state index >= 15 is 0 Å². The first-order valence-corrected chi connectivity index (χ1v) is 6.29. The monoisotopic (exact) mass is 274 g/mol. The van der Waals surface area contributed by atoms with Gasteiger partial charge in [-0.15, -0.1) is 0 Å². The highest BCUT2D eigenvalue weighted by Crippen LogP contribution is 2.18. The molecule has 0 aromatic rings. The number of carbonyl (C=O) groups is 1. The van der Waals surface area contributed by atoms with Crippen molar-refractivity contribution in [2.45, 2.75) is 63.6 Å². The van der Waals surface area contributed by atoms with Crippen LogP contribution in [0.25, 0.3) is 0 Å². The molecule has 6 heteroatoms. The summed E-state index contributed by atoms with van der Waals surface area (Å²) < 4.78 is 10.0. The van der Waals surface area contributed by atoms with Gasteiger partial charge in [-0.2, -0.15) is 0 Å². The van der Waals surface area contributed by atoms with Gasteiger partial charge in [0.25, 0.3) is 0 Å². The smallest absolute Gasteiger partial charge is 0.429 e. The van der Waals surface area contributed by atoms with Gasteiger partial charge in [0.1, 0.15) is 11.7 Å². The van der Waals surface area contributed by atoms with Crippen LogP contribution in [0.3, 0.4) is 0 Å². The molecule has 0 aromatic carbocycles. The molecule has 0 spiro atoms. The molecule has 0 aromatic heterocycles. The number of hydrogen-bond donors (Lipinski definition) is 3. The van der Waals surface area contributed by atoms with Crippen LogP contribution in [-0.4, -0.2) is 51.5 Å². The van der Waals surface area contributed by atoms with E-state index in [1.165, 1.54) is 12.2 Å². The Morgan fingerprint density at radius 1 is 1.11 bits per heavy atom. The molecule has 1 rings (SSSR count). The lowest BCUT2D eigenvalue weighted by Crippen LogP contribution is -2.36. The summed E-state index contributed by atoms with van der Waals surface area (Å²) in [5.74, 6) is 0. The summed E-state index contributed by atoms with van der Waals surface area (Å²) in [6.45, 7) is 5.14. The van der Waals surface area contributed by atoms with E-state index in [0.717, 1.165) is 0 Å². The molecule has 0 heterocycles. The summed E-state index contributed by atoms with van der Waals surface area (Å²) in [5.41, 5.74) is -0.667. The number of hydrogen-bond acceptors (Lipinski definition) is 6. The minimum absolute atomic E-state index is 0.0524. The van der Waals surface area contributed by atoms with Crippen LogP contribution >= 0.6 is 0 Å². The van der Waals surface area contributed by atoms with Crippen LogP contribution in [-0.2, 0) is 9.47 Å². The normalized spacial score (nSPS) is 34.0. The maximum absolute atomic E-state index is 11.5. The molecule has 0 saturated heterocycles. The third-order valence-electron chi connectivity index (χ3n) is 2.59. The van der Waals surface area contributed by atoms with Crippen molar-refractivity contribution in [3.63, 3.8) is 0 Å². The third kappa shape index (κ3) is 6.04. The van der Waals surface area contributed by atoms with Crippen LogP contribution in [0, 0.1) is 0 Å². The first kappa shape index (κ1) is 15.9. The Kier molecular flexibility index (Phi) is 5.34. The summed E-state index contributed by atoms with van der Waals surface area (Å²) in [4.78, 5) is 11.5. The molecule has 1 aliphatic rings. The van der Waals surface area contributed by atoms with E-state index in [9.17, 15) is 20.1 Å². The van der Waals surface area contributed by atoms with E-state index < -0.39 is 36.2 Å². The Morgan fingerprint density at radius 2 is 1.68 bits per heavy atom. The van der Waals surface area contributed by atoms with Crippen molar-refractivity contribution >= 4 is 6.16 Å². The Labute approximate surface area is 112 Å². The van der Waals surface area contributed by atoms with E-state index in [0.29, 0.717) is 0 Å². The Morgan fingerprint density at radius 3 is 2.26 bits per heavy atom. The minimum Gasteiger partial charge on any atom is -0.429 e. The largest absolute Gasteiger partial charge is 0.509 e. The fourth-order valence-corrected chi connectivity index (χ4v) is 1.69. The number of carbonyl (C=O) groups excluding carboxylic acids is 1. The fraction of sp³-hybridized carbons (Fsp3) is 0.769. The van der Waals surface area contributed by atoms with Crippen LogP contribution < -0.4 is 0 Å². The van der Waals surface area contributed by atoms with Gasteiger partial charge in [0, 0.05) is 12.8 Å². The zero-order valence-electron chi connectivity index (χ0n) is 11.4. The first-order valence-electron chi connectivity index (χ1n) is 6.29. The summed E-state index contributed by atoms with van der Waals surface area (Å²) in [6, 6.07) is 0. The Bertz CT molecular complexity index is 333. The second-order valence-corrected chi connectivity index (χ2v) is 5.68. The summed E-state index contributed by atoms with van der Waals surface area (Å²) in [7, 11) is 0. The third-order valence-corrected chi connectivity index (χ3v) is 2.59. The predicted molar refractivity (Wildman–Crippen MR) is 67.5 cm³/mol. The molecule has 0 fully saturated rings. The Balaban J connectivity index is 2.63. The van der Waals surface area contributed by atoms with Crippen LogP contribution in [0.5, 0.6) is 0 Å². The topological polar surface area (TPSA) is 96.2 Å². The molecule has 0 aliphatic heterocycles. The molecule has 6 nitrogen and oxygen atoms in total. The first-order chi connectivity index (χ1) is 8.67. The fourth-order valence-electron chi connectivity index (χ4n) is 1.69. The highest BCUT2D eigenvalue weighted by Gasteiger charge is 2.27. The van der Waals surface area contributed by atoms with Crippen molar-refractivity contribution in [2.75, 3.05) is 0 Å². The van der Waals surface area contributed by atoms with Gasteiger partial charge in [-0.05, 0) is 26.8 Å². The lowest BCUT2D eigenvalue weighted by molar-refractivity contribution is -0.0506. The number of ether oxygens (including phenoxy) is 2. The second-order valence-electron chi connectivity index (χ2n) is 5.68. The van der Waals surface area contributed by atoms with Gasteiger partial charge in [-0.25, -0.2) is 4.79 Å². The molecule has 0 saturated carbocycles. The van der Waals surface area contributed by atoms with Crippen molar-refractivity contribution in [3.8, 4) is 0 Å². The van der Waals surface area contributed by atoms with Crippen molar-refractivity contribution in [1.82, 2.24) is 0 Å². The average Bonchev–Trinajstić information content (AvgIpc) is 2.21. The number of rotatable bonds is 1. The second kappa shape index (κ2) is 6.36. The summed E-state index contributed by atoms with van der Waals surface area (Å²) in [5, 5.41) is 28.8. The quantitative estimate of drug-likeness (QED) is 0.482. The number of aliphatic hydroxyl groups excluding tert-OH is 3. The number of aliphatic hydroxyl groups is 3. The Hall–Kier alpha value is -1.11. The molecular weight excluding hydrogens is 252 g/mol. The van der Waals surface area contributed by atoms with Crippen molar-refractivity contribution in [3.05, 3.63) is 12.2 Å². The lowest BCUT2D eigenvalue weighted by atomic mass is 9.97. The zero-order chi connectivity index (χ0) is 14.6. The van der Waals surface area contributed by atoms with Gasteiger partial charge < -0.3 is 24.8 Å². The van der Waals surface area contributed by atoms with E-state index in [-0.39, 0.29) is 12.8 Å². The SMILES string of the molecule is CC(C)(C)OC(=O)OC1/C=C/C(O)CC(O)C(O)C1. The van der Waals surface area contributed by atoms with Crippen molar-refractivity contribution in [1.29, 1.82) is 0 Å². The minimum atomic E-state index is -1.06. The molecule has 4 unspecified atom stereocenters. The summed E-state index contributed by atoms with van der Waals surface area (Å²) >= 11 is 0. The maximum atomic E-state index is 11.5. The molecule has 0 radical (unpaired) electrons. The zero-order valence-corrected chi connectivity index (χ0v) is 11.4. The average molecular weight is 274 g/mol. The van der Waals surface area contributed by atoms with E-state index in [2.05, 4.69) is 0 Å². The van der Waals surface area contributed by atoms with Crippen molar-refractivity contribution < 1.29 is 29.6 Å². The standard InChI is InChI=1S/C13H22O6/c1-13(2,3)19-12(17)18-9-5-4-8(14)6-10(15)11(16)7-9/h4-5,8-11,14-16H,6-7H2,1-3H3/b5-4+. The van der Waals surface area contributed by atoms with Gasteiger partial charge >= 0.3 is 6.16 Å². The van der Waals surface area contributed by atoms with Gasteiger partial charge in [-0.3, -0.25) is 0 Å². The van der Waals surface area contributed by atoms with Crippen LogP contribution in [0.2, 0.25) is 0 Å². The van der Waals surface area contributed by atoms with Crippen LogP contribution in [0.15, 0.2) is 12.2 Å². The lowest BCUT2D eigenvalue weighted by Gasteiger charge is -2.26. The predicted octanol–water partition coefficient (Wildman–Crippen LogP) is 0.739. The van der Waals surface area contributed by atoms with Gasteiger partial charge in [0.2, 0.25) is 0 Å². The molecule has 0 bridgehead atoms. The highest BCUT2D eigenvalue weighted by atomic mass is 16.7. The molecule has 19 heavy (non-hydrogen) atoms. The molecular formula is C13H22O6. The van der Waals surface area contributed by atoms with Crippen LogP contribution in [0.4, 0.5) is 4.79 Å². The van der Waals surface area contributed by atoms with Crippen molar-refractivity contribution in [2.24, 2.45) is 0 Å².